The molecule has 0 aromatic heterocycles. The molecule has 0 saturated heterocycles. The van der Waals surface area contributed by atoms with Crippen molar-refractivity contribution in [1.29, 1.82) is 0 Å². The summed E-state index contributed by atoms with van der Waals surface area (Å²) >= 11 is 0. The minimum Gasteiger partial charge on any atom is -0.426 e. The van der Waals surface area contributed by atoms with E-state index < -0.39 is 0 Å². The van der Waals surface area contributed by atoms with Gasteiger partial charge in [-0.05, 0) is 61.6 Å². The largest absolute Gasteiger partial charge is 0.426 e. The van der Waals surface area contributed by atoms with E-state index in [2.05, 4.69) is 37.9 Å². The highest BCUT2D eigenvalue weighted by molar-refractivity contribution is 5.75. The number of carbonyl (C=O) groups excluding carboxylic acids is 1. The SMILES string of the molecule is Cc1ccc(N=Nc2ccc(OC(=O)C(CC(C)C)C(C)C)cc2)cc1. The van der Waals surface area contributed by atoms with Crippen LogP contribution in [0.2, 0.25) is 0 Å². The van der Waals surface area contributed by atoms with Crippen LogP contribution in [0.3, 0.4) is 0 Å². The van der Waals surface area contributed by atoms with E-state index in [-0.39, 0.29) is 17.8 Å². The fourth-order valence-electron chi connectivity index (χ4n) is 2.65. The Bertz CT molecular complexity index is 732. The lowest BCUT2D eigenvalue weighted by molar-refractivity contribution is -0.141. The van der Waals surface area contributed by atoms with Crippen LogP contribution in [0.25, 0.3) is 0 Å². The van der Waals surface area contributed by atoms with E-state index in [1.54, 1.807) is 24.3 Å². The minimum atomic E-state index is -0.164. The van der Waals surface area contributed by atoms with E-state index in [9.17, 15) is 4.79 Å². The molecule has 0 N–H and O–H groups in total. The van der Waals surface area contributed by atoms with Crippen molar-refractivity contribution in [2.45, 2.75) is 41.0 Å². The first-order chi connectivity index (χ1) is 12.3. The summed E-state index contributed by atoms with van der Waals surface area (Å²) in [5.74, 6) is 1.00. The topological polar surface area (TPSA) is 51.0 Å². The minimum absolute atomic E-state index is 0.0871. The number of carbonyl (C=O) groups is 1. The lowest BCUT2D eigenvalue weighted by atomic mass is 9.88. The number of ether oxygens (including phenoxy) is 1. The number of azo groups is 1. The van der Waals surface area contributed by atoms with Crippen molar-refractivity contribution in [2.24, 2.45) is 28.0 Å². The Morgan fingerprint density at radius 2 is 1.38 bits per heavy atom. The molecule has 0 saturated carbocycles. The summed E-state index contributed by atoms with van der Waals surface area (Å²) in [6.07, 6.45) is 0.833. The Morgan fingerprint density at radius 3 is 1.85 bits per heavy atom. The van der Waals surface area contributed by atoms with E-state index in [4.69, 9.17) is 4.74 Å². The van der Waals surface area contributed by atoms with Crippen molar-refractivity contribution in [2.75, 3.05) is 0 Å². The highest BCUT2D eigenvalue weighted by Crippen LogP contribution is 2.25. The molecule has 2 aromatic rings. The van der Waals surface area contributed by atoms with Gasteiger partial charge in [-0.25, -0.2) is 0 Å². The van der Waals surface area contributed by atoms with Gasteiger partial charge in [0.1, 0.15) is 5.75 Å². The molecule has 0 aliphatic carbocycles. The monoisotopic (exact) mass is 352 g/mol. The van der Waals surface area contributed by atoms with Crippen LogP contribution >= 0.6 is 0 Å². The van der Waals surface area contributed by atoms with Gasteiger partial charge in [-0.3, -0.25) is 4.79 Å². The van der Waals surface area contributed by atoms with Crippen molar-refractivity contribution in [3.63, 3.8) is 0 Å². The lowest BCUT2D eigenvalue weighted by Gasteiger charge is -2.21. The second-order valence-corrected chi connectivity index (χ2v) is 7.43. The number of nitrogens with zero attached hydrogens (tertiary/aromatic N) is 2. The Labute approximate surface area is 156 Å². The molecular weight excluding hydrogens is 324 g/mol. The van der Waals surface area contributed by atoms with Crippen LogP contribution in [0.5, 0.6) is 5.75 Å². The van der Waals surface area contributed by atoms with Crippen molar-refractivity contribution < 1.29 is 9.53 Å². The van der Waals surface area contributed by atoms with Crippen molar-refractivity contribution in [3.8, 4) is 5.75 Å². The maximum Gasteiger partial charge on any atom is 0.314 e. The molecule has 1 unspecified atom stereocenters. The molecule has 0 radical (unpaired) electrons. The Kier molecular flexibility index (Phi) is 7.07. The molecular formula is C22H28N2O2. The third-order valence-corrected chi connectivity index (χ3v) is 4.20. The van der Waals surface area contributed by atoms with Gasteiger partial charge in [0, 0.05) is 0 Å². The van der Waals surface area contributed by atoms with Crippen LogP contribution in [0.15, 0.2) is 58.8 Å². The van der Waals surface area contributed by atoms with Crippen molar-refractivity contribution in [3.05, 3.63) is 54.1 Å². The van der Waals surface area contributed by atoms with E-state index in [1.807, 2.05) is 31.2 Å². The van der Waals surface area contributed by atoms with Gasteiger partial charge in [-0.1, -0.05) is 45.4 Å². The predicted octanol–water partition coefficient (Wildman–Crippen LogP) is 6.63. The molecule has 0 bridgehead atoms. The maximum absolute atomic E-state index is 12.4. The third-order valence-electron chi connectivity index (χ3n) is 4.20. The number of rotatable bonds is 7. The predicted molar refractivity (Wildman–Crippen MR) is 105 cm³/mol. The molecule has 0 amide bonds. The zero-order valence-electron chi connectivity index (χ0n) is 16.3. The van der Waals surface area contributed by atoms with Crippen LogP contribution in [-0.2, 0) is 4.79 Å². The quantitative estimate of drug-likeness (QED) is 0.319. The average molecular weight is 352 g/mol. The number of hydrogen-bond acceptors (Lipinski definition) is 4. The summed E-state index contributed by atoms with van der Waals surface area (Å²) < 4.78 is 5.56. The van der Waals surface area contributed by atoms with Crippen molar-refractivity contribution >= 4 is 17.3 Å². The normalized spacial score (nSPS) is 12.7. The van der Waals surface area contributed by atoms with Gasteiger partial charge < -0.3 is 4.74 Å². The van der Waals surface area contributed by atoms with Gasteiger partial charge in [0.25, 0.3) is 0 Å². The first-order valence-electron chi connectivity index (χ1n) is 9.15. The molecule has 26 heavy (non-hydrogen) atoms. The molecule has 0 spiro atoms. The smallest absolute Gasteiger partial charge is 0.314 e. The Hall–Kier alpha value is -2.49. The zero-order chi connectivity index (χ0) is 19.1. The van der Waals surface area contributed by atoms with Crippen LogP contribution in [0, 0.1) is 24.7 Å². The molecule has 4 heteroatoms. The van der Waals surface area contributed by atoms with Gasteiger partial charge in [-0.2, -0.15) is 10.2 Å². The standard InChI is InChI=1S/C22H28N2O2/c1-15(2)14-21(16(3)4)22(25)26-20-12-10-19(11-13-20)24-23-18-8-6-17(5)7-9-18/h6-13,15-16,21H,14H2,1-5H3. The van der Waals surface area contributed by atoms with Gasteiger partial charge >= 0.3 is 5.97 Å². The molecule has 0 aliphatic rings. The third kappa shape index (κ3) is 6.10. The van der Waals surface area contributed by atoms with E-state index in [0.717, 1.165) is 12.1 Å². The van der Waals surface area contributed by atoms with Crippen LogP contribution < -0.4 is 4.74 Å². The summed E-state index contributed by atoms with van der Waals surface area (Å²) in [6, 6.07) is 15.0. The summed E-state index contributed by atoms with van der Waals surface area (Å²) in [4.78, 5) is 12.4. The summed E-state index contributed by atoms with van der Waals surface area (Å²) in [6.45, 7) is 10.4. The van der Waals surface area contributed by atoms with Crippen LogP contribution in [0.4, 0.5) is 11.4 Å². The second kappa shape index (κ2) is 9.27. The molecule has 0 aliphatic heterocycles. The van der Waals surface area contributed by atoms with Crippen LogP contribution in [0.1, 0.15) is 39.7 Å². The van der Waals surface area contributed by atoms with Crippen molar-refractivity contribution in [1.82, 2.24) is 0 Å². The molecule has 0 heterocycles. The summed E-state index contributed by atoms with van der Waals surface area (Å²) in [5, 5.41) is 8.42. The second-order valence-electron chi connectivity index (χ2n) is 7.43. The van der Waals surface area contributed by atoms with Gasteiger partial charge in [0.2, 0.25) is 0 Å². The van der Waals surface area contributed by atoms with Gasteiger partial charge in [0.15, 0.2) is 0 Å². The number of aryl methyl sites for hydroxylation is 1. The van der Waals surface area contributed by atoms with Gasteiger partial charge in [0.05, 0.1) is 17.3 Å². The average Bonchev–Trinajstić information content (AvgIpc) is 2.60. The summed E-state index contributed by atoms with van der Waals surface area (Å²) in [5.41, 5.74) is 2.71. The Morgan fingerprint density at radius 1 is 0.885 bits per heavy atom. The molecule has 0 fully saturated rings. The number of esters is 1. The van der Waals surface area contributed by atoms with Gasteiger partial charge in [-0.15, -0.1) is 0 Å². The van der Waals surface area contributed by atoms with E-state index in [0.29, 0.717) is 17.4 Å². The maximum atomic E-state index is 12.4. The molecule has 2 aromatic carbocycles. The first kappa shape index (κ1) is 19.8. The number of hydrogen-bond donors (Lipinski definition) is 0. The lowest BCUT2D eigenvalue weighted by Crippen LogP contribution is -2.26. The summed E-state index contributed by atoms with van der Waals surface area (Å²) in [7, 11) is 0. The zero-order valence-corrected chi connectivity index (χ0v) is 16.3. The van der Waals surface area contributed by atoms with E-state index in [1.165, 1.54) is 5.56 Å². The molecule has 2 rings (SSSR count). The highest BCUT2D eigenvalue weighted by Gasteiger charge is 2.25. The van der Waals surface area contributed by atoms with Crippen LogP contribution in [-0.4, -0.2) is 5.97 Å². The highest BCUT2D eigenvalue weighted by atomic mass is 16.5. The fraction of sp³-hybridized carbons (Fsp3) is 0.409. The number of benzene rings is 2. The fourth-order valence-corrected chi connectivity index (χ4v) is 2.65. The molecule has 1 atom stereocenters. The Balaban J connectivity index is 2.00. The molecule has 138 valence electrons. The van der Waals surface area contributed by atoms with E-state index >= 15 is 0 Å². The molecule has 4 nitrogen and oxygen atoms in total. The first-order valence-corrected chi connectivity index (χ1v) is 9.15.